The lowest BCUT2D eigenvalue weighted by Crippen LogP contribution is -2.48. The highest BCUT2D eigenvalue weighted by Gasteiger charge is 2.37. The Morgan fingerprint density at radius 2 is 1.65 bits per heavy atom. The minimum absolute atomic E-state index is 0.0255. The molecule has 1 amide bonds. The van der Waals surface area contributed by atoms with E-state index in [0.29, 0.717) is 12.5 Å². The van der Waals surface area contributed by atoms with E-state index in [1.54, 1.807) is 5.01 Å². The predicted octanol–water partition coefficient (Wildman–Crippen LogP) is 4.49. The van der Waals surface area contributed by atoms with E-state index in [1.165, 1.54) is 36.8 Å². The molecule has 1 heterocycles. The number of ether oxygens (including phenoxy) is 1. The predicted molar refractivity (Wildman–Crippen MR) is 101 cm³/mol. The van der Waals surface area contributed by atoms with Gasteiger partial charge in [0.15, 0.2) is 0 Å². The Bertz CT molecular complexity index is 713. The Hall–Kier alpha value is -2.33. The summed E-state index contributed by atoms with van der Waals surface area (Å²) in [5.74, 6) is 0.558. The molecule has 2 atom stereocenters. The minimum atomic E-state index is -0.259. The van der Waals surface area contributed by atoms with Crippen molar-refractivity contribution in [1.29, 1.82) is 0 Å². The highest BCUT2D eigenvalue weighted by molar-refractivity contribution is 5.69. The molecule has 2 aromatic rings. The van der Waals surface area contributed by atoms with Gasteiger partial charge >= 0.3 is 6.09 Å². The number of rotatable bonds is 6. The third kappa shape index (κ3) is 3.75. The van der Waals surface area contributed by atoms with Gasteiger partial charge in [0, 0.05) is 0 Å². The summed E-state index contributed by atoms with van der Waals surface area (Å²) in [6, 6.07) is 21.0. The van der Waals surface area contributed by atoms with Crippen molar-refractivity contribution in [3.63, 3.8) is 0 Å². The van der Waals surface area contributed by atoms with E-state index in [2.05, 4.69) is 41.8 Å². The highest BCUT2D eigenvalue weighted by atomic mass is 16.6. The third-order valence-corrected chi connectivity index (χ3v) is 5.58. The number of benzene rings is 2. The molecule has 2 aromatic carbocycles. The molecule has 0 spiro atoms. The number of carbonyl (C=O) groups excluding carboxylic acids is 1. The summed E-state index contributed by atoms with van der Waals surface area (Å²) in [6.45, 7) is 0.437. The molecule has 2 aliphatic rings. The molecule has 26 heavy (non-hydrogen) atoms. The fourth-order valence-electron chi connectivity index (χ4n) is 4.21. The lowest BCUT2D eigenvalue weighted by atomic mass is 9.92. The number of hydrazine groups is 1. The van der Waals surface area contributed by atoms with Gasteiger partial charge in [0.05, 0.1) is 12.1 Å². The Kier molecular flexibility index (Phi) is 5.21. The smallest absolute Gasteiger partial charge is 0.424 e. The van der Waals surface area contributed by atoms with Crippen molar-refractivity contribution in [2.24, 2.45) is 5.92 Å². The molecule has 1 aliphatic carbocycles. The van der Waals surface area contributed by atoms with Gasteiger partial charge in [-0.1, -0.05) is 73.5 Å². The van der Waals surface area contributed by atoms with Crippen molar-refractivity contribution < 1.29 is 9.53 Å². The van der Waals surface area contributed by atoms with Crippen LogP contribution < -0.4 is 5.43 Å². The van der Waals surface area contributed by atoms with Gasteiger partial charge in [-0.25, -0.2) is 15.2 Å². The van der Waals surface area contributed by atoms with Crippen LogP contribution in [0, 0.1) is 5.92 Å². The molecule has 0 unspecified atom stereocenters. The maximum absolute atomic E-state index is 12.4. The minimum Gasteiger partial charge on any atom is -0.446 e. The molecule has 4 heteroatoms. The van der Waals surface area contributed by atoms with Crippen molar-refractivity contribution in [1.82, 2.24) is 10.4 Å². The monoisotopic (exact) mass is 350 g/mol. The van der Waals surface area contributed by atoms with Crippen LogP contribution in [-0.2, 0) is 11.2 Å². The van der Waals surface area contributed by atoms with Crippen LogP contribution in [0.2, 0.25) is 0 Å². The van der Waals surface area contributed by atoms with Crippen molar-refractivity contribution in [3.8, 4) is 0 Å². The first-order valence-electron chi connectivity index (χ1n) is 9.62. The van der Waals surface area contributed by atoms with Gasteiger partial charge in [-0.2, -0.15) is 0 Å². The zero-order chi connectivity index (χ0) is 17.8. The maximum Gasteiger partial charge on any atom is 0.424 e. The van der Waals surface area contributed by atoms with E-state index in [4.69, 9.17) is 4.74 Å². The first kappa shape index (κ1) is 17.1. The summed E-state index contributed by atoms with van der Waals surface area (Å²) in [4.78, 5) is 12.4. The van der Waals surface area contributed by atoms with Gasteiger partial charge in [-0.3, -0.25) is 0 Å². The van der Waals surface area contributed by atoms with Crippen molar-refractivity contribution in [2.45, 2.75) is 44.2 Å². The molecular formula is C22H26N2O2. The lowest BCUT2D eigenvalue weighted by molar-refractivity contribution is 0.119. The molecule has 1 saturated carbocycles. The summed E-state index contributed by atoms with van der Waals surface area (Å²) in [5.41, 5.74) is 6.02. The SMILES string of the molecule is O=C1OC[C@H](Cc2ccccc2)N1N[C@H](c1ccccc1)C1CCCC1. The second-order valence-electron chi connectivity index (χ2n) is 7.35. The molecular weight excluding hydrogens is 324 g/mol. The summed E-state index contributed by atoms with van der Waals surface area (Å²) in [6.07, 6.45) is 5.50. The van der Waals surface area contributed by atoms with E-state index in [9.17, 15) is 4.79 Å². The number of carbonyl (C=O) groups is 1. The first-order valence-corrected chi connectivity index (χ1v) is 9.62. The normalized spacial score (nSPS) is 21.8. The Morgan fingerprint density at radius 1 is 1.00 bits per heavy atom. The van der Waals surface area contributed by atoms with Gasteiger partial charge in [-0.05, 0) is 36.3 Å². The van der Waals surface area contributed by atoms with E-state index in [0.717, 1.165) is 6.42 Å². The quantitative estimate of drug-likeness (QED) is 0.835. The molecule has 1 N–H and O–H groups in total. The molecule has 1 saturated heterocycles. The van der Waals surface area contributed by atoms with E-state index < -0.39 is 0 Å². The van der Waals surface area contributed by atoms with Crippen LogP contribution in [0.1, 0.15) is 42.9 Å². The number of cyclic esters (lactones) is 1. The first-order chi connectivity index (χ1) is 12.8. The van der Waals surface area contributed by atoms with Crippen LogP contribution in [-0.4, -0.2) is 23.8 Å². The molecule has 0 radical (unpaired) electrons. The second kappa shape index (κ2) is 7.92. The van der Waals surface area contributed by atoms with E-state index >= 15 is 0 Å². The van der Waals surface area contributed by atoms with Gasteiger partial charge < -0.3 is 4.74 Å². The van der Waals surface area contributed by atoms with Crippen LogP contribution in [0.5, 0.6) is 0 Å². The summed E-state index contributed by atoms with van der Waals surface area (Å²) in [5, 5.41) is 1.74. The summed E-state index contributed by atoms with van der Waals surface area (Å²) >= 11 is 0. The standard InChI is InChI=1S/C22H26N2O2/c25-22-24(20(16-26-22)15-17-9-3-1-4-10-17)23-21(19-13-7-8-14-19)18-11-5-2-6-12-18/h1-6,9-12,19-21,23H,7-8,13-16H2/t20-,21+/m0/s1. The van der Waals surface area contributed by atoms with Crippen molar-refractivity contribution in [2.75, 3.05) is 6.61 Å². The average molecular weight is 350 g/mol. The molecule has 1 aliphatic heterocycles. The van der Waals surface area contributed by atoms with Crippen LogP contribution in [0.25, 0.3) is 0 Å². The molecule has 136 valence electrons. The van der Waals surface area contributed by atoms with Crippen LogP contribution >= 0.6 is 0 Å². The summed E-state index contributed by atoms with van der Waals surface area (Å²) in [7, 11) is 0. The molecule has 4 nitrogen and oxygen atoms in total. The zero-order valence-corrected chi connectivity index (χ0v) is 15.0. The highest BCUT2D eigenvalue weighted by Crippen LogP contribution is 2.36. The molecule has 4 rings (SSSR count). The van der Waals surface area contributed by atoms with Crippen molar-refractivity contribution in [3.05, 3.63) is 71.8 Å². The molecule has 0 bridgehead atoms. The van der Waals surface area contributed by atoms with Crippen LogP contribution in [0.15, 0.2) is 60.7 Å². The van der Waals surface area contributed by atoms with Gasteiger partial charge in [-0.15, -0.1) is 0 Å². The fourth-order valence-corrected chi connectivity index (χ4v) is 4.21. The Balaban J connectivity index is 1.53. The lowest BCUT2D eigenvalue weighted by Gasteiger charge is -2.32. The average Bonchev–Trinajstić information content (AvgIpc) is 3.32. The van der Waals surface area contributed by atoms with E-state index in [-0.39, 0.29) is 18.2 Å². The van der Waals surface area contributed by atoms with Gasteiger partial charge in [0.25, 0.3) is 0 Å². The molecule has 0 aromatic heterocycles. The van der Waals surface area contributed by atoms with Gasteiger partial charge in [0.1, 0.15) is 6.61 Å². The topological polar surface area (TPSA) is 41.6 Å². The van der Waals surface area contributed by atoms with Gasteiger partial charge in [0.2, 0.25) is 0 Å². The number of hydrogen-bond donors (Lipinski definition) is 1. The number of nitrogens with zero attached hydrogens (tertiary/aromatic N) is 1. The third-order valence-electron chi connectivity index (χ3n) is 5.58. The Morgan fingerprint density at radius 3 is 2.35 bits per heavy atom. The number of amides is 1. The maximum atomic E-state index is 12.4. The number of nitrogens with one attached hydrogen (secondary N) is 1. The number of hydrogen-bond acceptors (Lipinski definition) is 3. The van der Waals surface area contributed by atoms with E-state index in [1.807, 2.05) is 24.3 Å². The van der Waals surface area contributed by atoms with Crippen LogP contribution in [0.4, 0.5) is 4.79 Å². The van der Waals surface area contributed by atoms with Crippen molar-refractivity contribution >= 4 is 6.09 Å². The van der Waals surface area contributed by atoms with Crippen LogP contribution in [0.3, 0.4) is 0 Å². The fraction of sp³-hybridized carbons (Fsp3) is 0.409. The second-order valence-corrected chi connectivity index (χ2v) is 7.35. The largest absolute Gasteiger partial charge is 0.446 e. The Labute approximate surface area is 155 Å². The zero-order valence-electron chi connectivity index (χ0n) is 15.0. The summed E-state index contributed by atoms with van der Waals surface area (Å²) < 4.78 is 5.37. The molecule has 2 fully saturated rings.